The first-order valence-electron chi connectivity index (χ1n) is 5.49. The number of rotatable bonds is 3. The molecule has 1 aromatic carbocycles. The molecule has 90 valence electrons. The number of thiophene rings is 1. The van der Waals surface area contributed by atoms with E-state index in [0.29, 0.717) is 0 Å². The highest BCUT2D eigenvalue weighted by Crippen LogP contribution is 2.24. The minimum Gasteiger partial charge on any atom is -0.380 e. The molecule has 0 amide bonds. The number of halogens is 1. The summed E-state index contributed by atoms with van der Waals surface area (Å²) in [6, 6.07) is 8.09. The van der Waals surface area contributed by atoms with Crippen LogP contribution in [0.5, 0.6) is 0 Å². The lowest BCUT2D eigenvalue weighted by atomic mass is 10.2. The number of hydrogen-bond donors (Lipinski definition) is 1. The van der Waals surface area contributed by atoms with Gasteiger partial charge in [-0.3, -0.25) is 9.97 Å². The zero-order valence-electron chi connectivity index (χ0n) is 9.43. The van der Waals surface area contributed by atoms with Gasteiger partial charge in [-0.2, -0.15) is 0 Å². The third-order valence-corrected chi connectivity index (χ3v) is 4.54. The molecule has 0 saturated heterocycles. The fourth-order valence-corrected chi connectivity index (χ4v) is 3.14. The number of fused-ring (bicyclic) bond motifs is 1. The van der Waals surface area contributed by atoms with Crippen molar-refractivity contribution in [1.82, 2.24) is 9.97 Å². The van der Waals surface area contributed by atoms with Gasteiger partial charge in [-0.1, -0.05) is 0 Å². The van der Waals surface area contributed by atoms with E-state index < -0.39 is 0 Å². The van der Waals surface area contributed by atoms with Gasteiger partial charge in [-0.25, -0.2) is 0 Å². The van der Waals surface area contributed by atoms with Gasteiger partial charge in [0, 0.05) is 27.4 Å². The van der Waals surface area contributed by atoms with E-state index in [-0.39, 0.29) is 0 Å². The maximum atomic E-state index is 4.30. The van der Waals surface area contributed by atoms with Crippen molar-refractivity contribution in [2.45, 2.75) is 6.54 Å². The van der Waals surface area contributed by atoms with Crippen LogP contribution in [0.3, 0.4) is 0 Å². The van der Waals surface area contributed by atoms with E-state index in [9.17, 15) is 0 Å². The fraction of sp³-hybridized carbons (Fsp3) is 0.0769. The summed E-state index contributed by atoms with van der Waals surface area (Å²) in [5, 5.41) is 5.47. The molecule has 0 aliphatic heterocycles. The Kier molecular flexibility index (Phi) is 3.25. The Hall–Kier alpha value is -1.46. The summed E-state index contributed by atoms with van der Waals surface area (Å²) < 4.78 is 1.15. The van der Waals surface area contributed by atoms with Crippen molar-refractivity contribution in [2.24, 2.45) is 0 Å². The normalized spacial score (nSPS) is 10.7. The highest BCUT2D eigenvalue weighted by Gasteiger charge is 2.02. The first-order valence-corrected chi connectivity index (χ1v) is 7.17. The summed E-state index contributed by atoms with van der Waals surface area (Å²) in [7, 11) is 0. The molecule has 3 nitrogen and oxygen atoms in total. The van der Waals surface area contributed by atoms with Crippen LogP contribution in [0.15, 0.2) is 46.5 Å². The van der Waals surface area contributed by atoms with E-state index in [1.54, 1.807) is 23.7 Å². The highest BCUT2D eigenvalue weighted by atomic mass is 79.9. The largest absolute Gasteiger partial charge is 0.380 e. The second kappa shape index (κ2) is 5.04. The van der Waals surface area contributed by atoms with Gasteiger partial charge in [0.15, 0.2) is 0 Å². The molecule has 2 heterocycles. The van der Waals surface area contributed by atoms with E-state index in [0.717, 1.165) is 27.7 Å². The monoisotopic (exact) mass is 319 g/mol. The van der Waals surface area contributed by atoms with E-state index in [4.69, 9.17) is 0 Å². The molecule has 3 rings (SSSR count). The second-order valence-corrected chi connectivity index (χ2v) is 5.66. The predicted octanol–water partition coefficient (Wildman–Crippen LogP) is 4.07. The molecule has 0 saturated carbocycles. The van der Waals surface area contributed by atoms with Gasteiger partial charge in [-0.15, -0.1) is 11.3 Å². The first-order chi connectivity index (χ1) is 8.83. The molecular formula is C13H10BrN3S. The molecule has 0 unspecified atom stereocenters. The quantitative estimate of drug-likeness (QED) is 0.790. The third-order valence-electron chi connectivity index (χ3n) is 2.61. The zero-order valence-corrected chi connectivity index (χ0v) is 11.8. The van der Waals surface area contributed by atoms with Crippen LogP contribution in [0.4, 0.5) is 5.69 Å². The summed E-state index contributed by atoms with van der Waals surface area (Å²) in [4.78, 5) is 9.83. The Morgan fingerprint density at radius 1 is 1.11 bits per heavy atom. The number of nitrogens with zero attached hydrogens (tertiary/aromatic N) is 2. The number of benzene rings is 1. The van der Waals surface area contributed by atoms with E-state index in [1.165, 1.54) is 4.88 Å². The SMILES string of the molecule is Brc1ccsc1CNc1ccc2nccnc2c1. The molecule has 0 fully saturated rings. The Labute approximate surface area is 117 Å². The molecule has 0 aliphatic rings. The van der Waals surface area contributed by atoms with Gasteiger partial charge in [0.1, 0.15) is 0 Å². The van der Waals surface area contributed by atoms with Crippen LogP contribution in [-0.4, -0.2) is 9.97 Å². The molecule has 1 N–H and O–H groups in total. The standard InChI is InChI=1S/C13H10BrN3S/c14-10-3-6-18-13(10)8-17-9-1-2-11-12(7-9)16-5-4-15-11/h1-7,17H,8H2. The van der Waals surface area contributed by atoms with Crippen molar-refractivity contribution < 1.29 is 0 Å². The van der Waals surface area contributed by atoms with Gasteiger partial charge in [-0.05, 0) is 45.6 Å². The van der Waals surface area contributed by atoms with Crippen LogP contribution in [0, 0.1) is 0 Å². The predicted molar refractivity (Wildman–Crippen MR) is 78.9 cm³/mol. The molecule has 0 bridgehead atoms. The molecule has 0 spiro atoms. The molecule has 0 aliphatic carbocycles. The Morgan fingerprint density at radius 2 is 1.94 bits per heavy atom. The summed E-state index contributed by atoms with van der Waals surface area (Å²) in [6.45, 7) is 0.810. The third kappa shape index (κ3) is 2.37. The summed E-state index contributed by atoms with van der Waals surface area (Å²) in [5.74, 6) is 0. The number of aromatic nitrogens is 2. The van der Waals surface area contributed by atoms with Crippen molar-refractivity contribution in [2.75, 3.05) is 5.32 Å². The van der Waals surface area contributed by atoms with E-state index >= 15 is 0 Å². The first kappa shape index (κ1) is 11.6. The molecule has 5 heteroatoms. The lowest BCUT2D eigenvalue weighted by Gasteiger charge is -2.06. The van der Waals surface area contributed by atoms with Gasteiger partial charge >= 0.3 is 0 Å². The molecule has 3 aromatic rings. The minimum absolute atomic E-state index is 0.810. The van der Waals surface area contributed by atoms with Gasteiger partial charge in [0.2, 0.25) is 0 Å². The van der Waals surface area contributed by atoms with Crippen LogP contribution in [0.25, 0.3) is 11.0 Å². The minimum atomic E-state index is 0.810. The molecular weight excluding hydrogens is 310 g/mol. The summed E-state index contributed by atoms with van der Waals surface area (Å²) >= 11 is 5.26. The number of nitrogens with one attached hydrogen (secondary N) is 1. The van der Waals surface area contributed by atoms with Gasteiger partial charge in [0.25, 0.3) is 0 Å². The van der Waals surface area contributed by atoms with Gasteiger partial charge < -0.3 is 5.32 Å². The molecule has 0 radical (unpaired) electrons. The van der Waals surface area contributed by atoms with E-state index in [1.807, 2.05) is 18.2 Å². The molecule has 18 heavy (non-hydrogen) atoms. The average Bonchev–Trinajstić information content (AvgIpc) is 2.82. The van der Waals surface area contributed by atoms with Crippen molar-refractivity contribution in [3.05, 3.63) is 51.4 Å². The highest BCUT2D eigenvalue weighted by molar-refractivity contribution is 9.10. The van der Waals surface area contributed by atoms with Crippen molar-refractivity contribution in [3.63, 3.8) is 0 Å². The topological polar surface area (TPSA) is 37.8 Å². The van der Waals surface area contributed by atoms with Crippen molar-refractivity contribution in [3.8, 4) is 0 Å². The fourth-order valence-electron chi connectivity index (χ4n) is 1.71. The lowest BCUT2D eigenvalue weighted by molar-refractivity contribution is 1.18. The maximum Gasteiger partial charge on any atom is 0.0907 e. The smallest absolute Gasteiger partial charge is 0.0907 e. The van der Waals surface area contributed by atoms with Crippen molar-refractivity contribution in [1.29, 1.82) is 0 Å². The zero-order chi connectivity index (χ0) is 12.4. The Morgan fingerprint density at radius 3 is 2.72 bits per heavy atom. The van der Waals surface area contributed by atoms with Crippen LogP contribution >= 0.6 is 27.3 Å². The van der Waals surface area contributed by atoms with Crippen LogP contribution in [0.2, 0.25) is 0 Å². The maximum absolute atomic E-state index is 4.30. The number of anilines is 1. The number of hydrogen-bond acceptors (Lipinski definition) is 4. The lowest BCUT2D eigenvalue weighted by Crippen LogP contribution is -1.98. The van der Waals surface area contributed by atoms with Crippen LogP contribution < -0.4 is 5.32 Å². The second-order valence-electron chi connectivity index (χ2n) is 3.81. The van der Waals surface area contributed by atoms with Crippen LogP contribution in [0.1, 0.15) is 4.88 Å². The average molecular weight is 320 g/mol. The summed E-state index contributed by atoms with van der Waals surface area (Å²) in [6.07, 6.45) is 3.42. The van der Waals surface area contributed by atoms with E-state index in [2.05, 4.69) is 42.7 Å². The molecule has 2 aromatic heterocycles. The Bertz CT molecular complexity index is 681. The van der Waals surface area contributed by atoms with Crippen LogP contribution in [-0.2, 0) is 6.54 Å². The van der Waals surface area contributed by atoms with Gasteiger partial charge in [0.05, 0.1) is 17.6 Å². The van der Waals surface area contributed by atoms with Crippen molar-refractivity contribution >= 4 is 44.0 Å². The Balaban J connectivity index is 1.81. The molecule has 0 atom stereocenters. The summed E-state index contributed by atoms with van der Waals surface area (Å²) in [5.41, 5.74) is 2.89.